The van der Waals surface area contributed by atoms with Crippen molar-refractivity contribution < 1.29 is 41.4 Å². The van der Waals surface area contributed by atoms with E-state index in [4.69, 9.17) is 14.2 Å². The summed E-state index contributed by atoms with van der Waals surface area (Å²) in [6.45, 7) is 8.08. The van der Waals surface area contributed by atoms with Crippen molar-refractivity contribution in [2.45, 2.75) is 84.8 Å². The lowest BCUT2D eigenvalue weighted by Gasteiger charge is -2.25. The van der Waals surface area contributed by atoms with Crippen molar-refractivity contribution in [1.29, 1.82) is 0 Å². The van der Waals surface area contributed by atoms with Crippen LogP contribution in [0.2, 0.25) is 0 Å². The smallest absolute Gasteiger partial charge is 0.416 e. The first-order valence-electron chi connectivity index (χ1n) is 15.4. The minimum absolute atomic E-state index is 0.00618. The molecule has 1 unspecified atom stereocenters. The van der Waals surface area contributed by atoms with Crippen LogP contribution in [0.5, 0.6) is 5.75 Å². The summed E-state index contributed by atoms with van der Waals surface area (Å²) in [4.78, 5) is 51.6. The molecular weight excluding hydrogens is 718 g/mol. The van der Waals surface area contributed by atoms with Gasteiger partial charge >= 0.3 is 23.9 Å². The first-order valence-corrected chi connectivity index (χ1v) is 16.2. The van der Waals surface area contributed by atoms with E-state index in [9.17, 15) is 36.7 Å². The molecule has 0 radical (unpaired) electrons. The number of hydrogen-bond acceptors (Lipinski definition) is 7. The molecule has 1 atom stereocenters. The standard InChI is InChI=1S/C33H39BrF3N3O7.CH3F/c1-6-45-27(41)16-11-19-46-26-15-10-8-13-23(26)25(38-30(43)47-32(3,4)5)17-18-39-29(42)28(34)21(2)40(31(39)44)20-22-12-7-9-14-24(22)33(35,36)37;1-2/h7-10,12-15,25H,6,11,16-20H2,1-5H3,(H,38,43);1H3. The van der Waals surface area contributed by atoms with Crippen LogP contribution in [-0.2, 0) is 33.5 Å². The van der Waals surface area contributed by atoms with Gasteiger partial charge in [0, 0.05) is 24.2 Å². The molecule has 0 bridgehead atoms. The van der Waals surface area contributed by atoms with Crippen LogP contribution in [0.3, 0.4) is 0 Å². The lowest BCUT2D eigenvalue weighted by molar-refractivity contribution is -0.143. The predicted octanol–water partition coefficient (Wildman–Crippen LogP) is 7.11. The number of carbonyl (C=O) groups excluding carboxylic acids is 2. The second kappa shape index (κ2) is 18.6. The fourth-order valence-electron chi connectivity index (χ4n) is 4.80. The highest BCUT2D eigenvalue weighted by molar-refractivity contribution is 9.10. The quantitative estimate of drug-likeness (QED) is 0.112. The number of para-hydroxylation sites is 1. The van der Waals surface area contributed by atoms with Gasteiger partial charge in [0.05, 0.1) is 38.5 Å². The van der Waals surface area contributed by atoms with E-state index in [0.29, 0.717) is 24.9 Å². The summed E-state index contributed by atoms with van der Waals surface area (Å²) < 4.78 is 69.1. The van der Waals surface area contributed by atoms with Crippen LogP contribution in [0.25, 0.3) is 0 Å². The summed E-state index contributed by atoms with van der Waals surface area (Å²) in [5.74, 6) is 0.0483. The number of rotatable bonds is 13. The zero-order chi connectivity index (χ0) is 36.9. The average Bonchev–Trinajstić information content (AvgIpc) is 3.03. The van der Waals surface area contributed by atoms with Crippen molar-refractivity contribution in [3.63, 3.8) is 0 Å². The highest BCUT2D eigenvalue weighted by Gasteiger charge is 2.33. The molecule has 3 rings (SSSR count). The number of nitrogens with one attached hydrogen (secondary N) is 1. The number of alkyl carbamates (subject to hydrolysis) is 1. The zero-order valence-electron chi connectivity index (χ0n) is 28.3. The molecule has 0 spiro atoms. The van der Waals surface area contributed by atoms with Gasteiger partial charge in [0.2, 0.25) is 0 Å². The van der Waals surface area contributed by atoms with Gasteiger partial charge in [-0.15, -0.1) is 0 Å². The fraction of sp³-hybridized carbons (Fsp3) is 0.471. The number of benzene rings is 2. The topological polar surface area (TPSA) is 118 Å². The molecule has 0 aliphatic carbocycles. The Bertz CT molecular complexity index is 1680. The van der Waals surface area contributed by atoms with Gasteiger partial charge in [-0.25, -0.2) is 9.59 Å². The highest BCUT2D eigenvalue weighted by atomic mass is 79.9. The molecule has 0 aliphatic rings. The maximum absolute atomic E-state index is 13.7. The Kier molecular flexibility index (Phi) is 15.6. The minimum Gasteiger partial charge on any atom is -0.493 e. The van der Waals surface area contributed by atoms with E-state index in [2.05, 4.69) is 21.2 Å². The zero-order valence-corrected chi connectivity index (χ0v) is 29.9. The molecule has 1 heterocycles. The van der Waals surface area contributed by atoms with Crippen LogP contribution in [0, 0.1) is 6.92 Å². The first kappa shape index (κ1) is 41.0. The van der Waals surface area contributed by atoms with Gasteiger partial charge < -0.3 is 19.5 Å². The summed E-state index contributed by atoms with van der Waals surface area (Å²) >= 11 is 3.22. The summed E-state index contributed by atoms with van der Waals surface area (Å²) in [5, 5.41) is 2.79. The molecule has 1 N–H and O–H groups in total. The lowest BCUT2D eigenvalue weighted by Crippen LogP contribution is -2.43. The predicted molar refractivity (Wildman–Crippen MR) is 180 cm³/mol. The number of aromatic nitrogens is 2. The van der Waals surface area contributed by atoms with E-state index >= 15 is 0 Å². The van der Waals surface area contributed by atoms with E-state index < -0.39 is 47.3 Å². The van der Waals surface area contributed by atoms with Gasteiger partial charge in [-0.3, -0.25) is 23.1 Å². The maximum atomic E-state index is 13.7. The van der Waals surface area contributed by atoms with Crippen molar-refractivity contribution >= 4 is 28.0 Å². The Morgan fingerprint density at radius 1 is 0.980 bits per heavy atom. The number of nitrogens with zero attached hydrogens (tertiary/aromatic N) is 2. The second-order valence-corrected chi connectivity index (χ2v) is 12.5. The third kappa shape index (κ3) is 12.1. The largest absolute Gasteiger partial charge is 0.493 e. The number of hydrogen-bond donors (Lipinski definition) is 1. The van der Waals surface area contributed by atoms with Gasteiger partial charge in [-0.05, 0) is 81.1 Å². The van der Waals surface area contributed by atoms with Crippen molar-refractivity contribution in [1.82, 2.24) is 14.5 Å². The summed E-state index contributed by atoms with van der Waals surface area (Å²) in [6, 6.07) is 11.0. The summed E-state index contributed by atoms with van der Waals surface area (Å²) in [5.41, 5.74) is -2.65. The third-order valence-electron chi connectivity index (χ3n) is 6.98. The van der Waals surface area contributed by atoms with Crippen LogP contribution in [0.4, 0.5) is 22.4 Å². The molecule has 3 aromatic rings. The highest BCUT2D eigenvalue weighted by Crippen LogP contribution is 2.32. The van der Waals surface area contributed by atoms with E-state index in [1.165, 1.54) is 25.1 Å². The van der Waals surface area contributed by atoms with Crippen LogP contribution in [0.15, 0.2) is 62.6 Å². The van der Waals surface area contributed by atoms with Crippen molar-refractivity contribution in [2.75, 3.05) is 20.4 Å². The third-order valence-corrected chi connectivity index (χ3v) is 7.90. The Balaban J connectivity index is 0.00000409. The van der Waals surface area contributed by atoms with E-state index in [1.54, 1.807) is 52.0 Å². The number of alkyl halides is 4. The first-order chi connectivity index (χ1) is 23.0. The van der Waals surface area contributed by atoms with Crippen LogP contribution in [0.1, 0.15) is 75.4 Å². The van der Waals surface area contributed by atoms with Crippen molar-refractivity contribution in [2.24, 2.45) is 0 Å². The van der Waals surface area contributed by atoms with Gasteiger partial charge in [0.25, 0.3) is 5.56 Å². The molecule has 49 heavy (non-hydrogen) atoms. The lowest BCUT2D eigenvalue weighted by atomic mass is 10.0. The molecule has 1 aromatic heterocycles. The van der Waals surface area contributed by atoms with Gasteiger partial charge in [-0.2, -0.15) is 13.2 Å². The summed E-state index contributed by atoms with van der Waals surface area (Å²) in [7, 11) is 0.500. The van der Waals surface area contributed by atoms with Gasteiger partial charge in [-0.1, -0.05) is 36.4 Å². The number of halogens is 5. The Morgan fingerprint density at radius 3 is 2.24 bits per heavy atom. The number of amides is 1. The monoisotopic (exact) mass is 759 g/mol. The van der Waals surface area contributed by atoms with E-state index in [1.807, 2.05) is 0 Å². The van der Waals surface area contributed by atoms with Crippen molar-refractivity contribution in [3.05, 3.63) is 96.2 Å². The van der Waals surface area contributed by atoms with Crippen LogP contribution in [-0.4, -0.2) is 47.2 Å². The van der Waals surface area contributed by atoms with Gasteiger partial charge in [0.1, 0.15) is 15.8 Å². The molecule has 2 aromatic carbocycles. The molecule has 10 nitrogen and oxygen atoms in total. The SMILES string of the molecule is CCOC(=O)CCCOc1ccccc1C(CCn1c(=O)c(Br)c(C)n(Cc2ccccc2C(F)(F)F)c1=O)NC(=O)OC(C)(C)C.CF. The molecule has 0 aliphatic heterocycles. The number of esters is 1. The molecular formula is C34H42BrF4N3O7. The molecule has 15 heteroatoms. The Morgan fingerprint density at radius 2 is 1.61 bits per heavy atom. The fourth-order valence-corrected chi connectivity index (χ4v) is 5.23. The normalized spacial score (nSPS) is 12.0. The van der Waals surface area contributed by atoms with E-state index in [0.717, 1.165) is 15.2 Å². The number of carbonyl (C=O) groups is 2. The average molecular weight is 761 g/mol. The van der Waals surface area contributed by atoms with Crippen molar-refractivity contribution in [3.8, 4) is 5.75 Å². The minimum atomic E-state index is -4.64. The second-order valence-electron chi connectivity index (χ2n) is 11.7. The maximum Gasteiger partial charge on any atom is 0.416 e. The molecule has 0 saturated carbocycles. The number of ether oxygens (including phenoxy) is 3. The Labute approximate surface area is 290 Å². The van der Waals surface area contributed by atoms with Crippen LogP contribution < -0.4 is 21.3 Å². The molecule has 270 valence electrons. The molecule has 0 fully saturated rings. The van der Waals surface area contributed by atoms with Gasteiger partial charge in [0.15, 0.2) is 0 Å². The molecule has 0 saturated heterocycles. The summed E-state index contributed by atoms with van der Waals surface area (Å²) in [6.07, 6.45) is -4.86. The molecule has 1 amide bonds. The van der Waals surface area contributed by atoms with Crippen LogP contribution >= 0.6 is 15.9 Å². The Hall–Kier alpha value is -4.14. The van der Waals surface area contributed by atoms with E-state index in [-0.39, 0.29) is 54.3 Å².